The number of nitrogens with zero attached hydrogens (tertiary/aromatic N) is 2. The standard InChI is InChI=1S/C21H30N4O2/c1-15-12-18(16(2)22-17-6-4-3-5-7-17)21-23-19(13-20(26)25(21)14-15)24-8-10-27-11-9-24/h3-7,14,16,18-19,21-23H,8-13H2,1-2H3. The van der Waals surface area contributed by atoms with E-state index in [1.807, 2.05) is 29.3 Å². The molecule has 3 aliphatic rings. The molecule has 3 aliphatic heterocycles. The van der Waals surface area contributed by atoms with Crippen LogP contribution in [0.3, 0.4) is 0 Å². The van der Waals surface area contributed by atoms with Crippen LogP contribution in [0.15, 0.2) is 42.1 Å². The van der Waals surface area contributed by atoms with Gasteiger partial charge in [-0.1, -0.05) is 23.8 Å². The third-order valence-electron chi connectivity index (χ3n) is 5.94. The van der Waals surface area contributed by atoms with Crippen molar-refractivity contribution in [1.29, 1.82) is 0 Å². The fourth-order valence-electron chi connectivity index (χ4n) is 4.50. The van der Waals surface area contributed by atoms with E-state index in [4.69, 9.17) is 4.74 Å². The van der Waals surface area contributed by atoms with E-state index in [9.17, 15) is 4.79 Å². The summed E-state index contributed by atoms with van der Waals surface area (Å²) in [6.45, 7) is 7.60. The second-order valence-electron chi connectivity index (χ2n) is 7.92. The van der Waals surface area contributed by atoms with E-state index >= 15 is 0 Å². The summed E-state index contributed by atoms with van der Waals surface area (Å²) in [5.74, 6) is 0.522. The van der Waals surface area contributed by atoms with Gasteiger partial charge in [-0.05, 0) is 32.4 Å². The van der Waals surface area contributed by atoms with Crippen molar-refractivity contribution >= 4 is 11.6 Å². The third-order valence-corrected chi connectivity index (χ3v) is 5.94. The summed E-state index contributed by atoms with van der Waals surface area (Å²) in [6.07, 6.45) is 3.67. The van der Waals surface area contributed by atoms with Gasteiger partial charge in [-0.25, -0.2) is 0 Å². The third kappa shape index (κ3) is 4.03. The number of hydrogen-bond donors (Lipinski definition) is 2. The number of hydrogen-bond acceptors (Lipinski definition) is 5. The molecule has 1 aromatic carbocycles. The lowest BCUT2D eigenvalue weighted by Gasteiger charge is -2.49. The Bertz CT molecular complexity index is 687. The molecule has 27 heavy (non-hydrogen) atoms. The van der Waals surface area contributed by atoms with Gasteiger partial charge in [-0.2, -0.15) is 0 Å². The molecule has 0 aliphatic carbocycles. The highest BCUT2D eigenvalue weighted by molar-refractivity contribution is 5.79. The molecule has 6 heteroatoms. The lowest BCUT2D eigenvalue weighted by molar-refractivity contribution is -0.141. The maximum Gasteiger partial charge on any atom is 0.230 e. The Labute approximate surface area is 161 Å². The van der Waals surface area contributed by atoms with E-state index in [1.165, 1.54) is 5.57 Å². The highest BCUT2D eigenvalue weighted by Crippen LogP contribution is 2.32. The van der Waals surface area contributed by atoms with Crippen LogP contribution in [0, 0.1) is 5.92 Å². The summed E-state index contributed by atoms with van der Waals surface area (Å²) >= 11 is 0. The first-order valence-electron chi connectivity index (χ1n) is 10.00. The number of rotatable bonds is 4. The number of morpholine rings is 1. The topological polar surface area (TPSA) is 56.8 Å². The van der Waals surface area contributed by atoms with Gasteiger partial charge in [-0.3, -0.25) is 15.0 Å². The molecular formula is C21H30N4O2. The molecule has 0 bridgehead atoms. The molecule has 1 aromatic rings. The highest BCUT2D eigenvalue weighted by Gasteiger charge is 2.43. The van der Waals surface area contributed by atoms with E-state index < -0.39 is 0 Å². The number of ether oxygens (including phenoxy) is 1. The normalized spacial score (nSPS) is 30.4. The van der Waals surface area contributed by atoms with Crippen LogP contribution < -0.4 is 10.6 Å². The molecule has 6 nitrogen and oxygen atoms in total. The van der Waals surface area contributed by atoms with Crippen molar-refractivity contribution in [2.45, 2.75) is 45.1 Å². The maximum absolute atomic E-state index is 12.9. The van der Waals surface area contributed by atoms with Crippen LogP contribution in [0.25, 0.3) is 0 Å². The molecule has 0 aromatic heterocycles. The monoisotopic (exact) mass is 370 g/mol. The van der Waals surface area contributed by atoms with Gasteiger partial charge in [0.15, 0.2) is 0 Å². The van der Waals surface area contributed by atoms with Gasteiger partial charge in [0.25, 0.3) is 0 Å². The predicted octanol–water partition coefficient (Wildman–Crippen LogP) is 2.22. The molecule has 0 spiro atoms. The summed E-state index contributed by atoms with van der Waals surface area (Å²) in [5, 5.41) is 7.42. The van der Waals surface area contributed by atoms with Gasteiger partial charge < -0.3 is 15.0 Å². The fourth-order valence-corrected chi connectivity index (χ4v) is 4.50. The zero-order valence-electron chi connectivity index (χ0n) is 16.2. The smallest absolute Gasteiger partial charge is 0.230 e. The SMILES string of the molecule is CC1=CN2C(=O)CC(N3CCOCC3)NC2C(C(C)Nc2ccccc2)C1. The lowest BCUT2D eigenvalue weighted by Crippen LogP contribution is -2.67. The second kappa shape index (κ2) is 8.00. The highest BCUT2D eigenvalue weighted by atomic mass is 16.5. The van der Waals surface area contributed by atoms with E-state index in [0.717, 1.165) is 38.4 Å². The van der Waals surface area contributed by atoms with Crippen molar-refractivity contribution in [3.05, 3.63) is 42.1 Å². The lowest BCUT2D eigenvalue weighted by atomic mass is 9.85. The van der Waals surface area contributed by atoms with E-state index in [2.05, 4.69) is 41.5 Å². The van der Waals surface area contributed by atoms with Crippen LogP contribution in [0.2, 0.25) is 0 Å². The number of anilines is 1. The zero-order valence-corrected chi connectivity index (χ0v) is 16.2. The van der Waals surface area contributed by atoms with Crippen molar-refractivity contribution < 1.29 is 9.53 Å². The molecule has 3 heterocycles. The molecular weight excluding hydrogens is 340 g/mol. The van der Waals surface area contributed by atoms with Crippen molar-refractivity contribution in [2.24, 2.45) is 5.92 Å². The summed E-state index contributed by atoms with van der Waals surface area (Å²) in [6, 6.07) is 10.5. The molecule has 2 N–H and O–H groups in total. The maximum atomic E-state index is 12.9. The molecule has 4 atom stereocenters. The van der Waals surface area contributed by atoms with Crippen LogP contribution in [0.5, 0.6) is 0 Å². The molecule has 2 saturated heterocycles. The molecule has 1 amide bonds. The number of carbonyl (C=O) groups is 1. The first kappa shape index (κ1) is 18.5. The van der Waals surface area contributed by atoms with Crippen LogP contribution in [-0.4, -0.2) is 60.4 Å². The van der Waals surface area contributed by atoms with Crippen molar-refractivity contribution in [3.8, 4) is 0 Å². The van der Waals surface area contributed by atoms with Crippen LogP contribution in [-0.2, 0) is 9.53 Å². The minimum atomic E-state index is 0.0222. The average molecular weight is 370 g/mol. The Morgan fingerprint density at radius 2 is 1.93 bits per heavy atom. The Balaban J connectivity index is 1.52. The van der Waals surface area contributed by atoms with Crippen LogP contribution >= 0.6 is 0 Å². The van der Waals surface area contributed by atoms with Gasteiger partial charge in [0.05, 0.1) is 32.0 Å². The van der Waals surface area contributed by atoms with Gasteiger partial charge in [-0.15, -0.1) is 0 Å². The van der Waals surface area contributed by atoms with Crippen LogP contribution in [0.1, 0.15) is 26.7 Å². The van der Waals surface area contributed by atoms with Crippen molar-refractivity contribution in [2.75, 3.05) is 31.6 Å². The Kier molecular flexibility index (Phi) is 5.48. The second-order valence-corrected chi connectivity index (χ2v) is 7.92. The fraction of sp³-hybridized carbons (Fsp3) is 0.571. The van der Waals surface area contributed by atoms with Gasteiger partial charge in [0.1, 0.15) is 0 Å². The minimum absolute atomic E-state index is 0.0222. The summed E-state index contributed by atoms with van der Waals surface area (Å²) in [4.78, 5) is 17.2. The first-order chi connectivity index (χ1) is 13.1. The number of carbonyl (C=O) groups excluding carboxylic acids is 1. The predicted molar refractivity (Wildman–Crippen MR) is 106 cm³/mol. The molecule has 0 saturated carbocycles. The number of nitrogens with one attached hydrogen (secondary N) is 2. The average Bonchev–Trinajstić information content (AvgIpc) is 2.69. The molecule has 4 rings (SSSR count). The van der Waals surface area contributed by atoms with Gasteiger partial charge >= 0.3 is 0 Å². The largest absolute Gasteiger partial charge is 0.382 e. The molecule has 0 radical (unpaired) electrons. The quantitative estimate of drug-likeness (QED) is 0.851. The van der Waals surface area contributed by atoms with Gasteiger partial charge in [0, 0.05) is 36.9 Å². The van der Waals surface area contributed by atoms with Gasteiger partial charge in [0.2, 0.25) is 5.91 Å². The number of para-hydroxylation sites is 1. The first-order valence-corrected chi connectivity index (χ1v) is 10.00. The Morgan fingerprint density at radius 3 is 2.67 bits per heavy atom. The summed E-state index contributed by atoms with van der Waals surface area (Å²) < 4.78 is 5.48. The molecule has 2 fully saturated rings. The van der Waals surface area contributed by atoms with E-state index in [0.29, 0.717) is 12.3 Å². The number of benzene rings is 1. The van der Waals surface area contributed by atoms with Crippen LogP contribution in [0.4, 0.5) is 5.69 Å². The zero-order chi connectivity index (χ0) is 18.8. The number of fused-ring (bicyclic) bond motifs is 1. The van der Waals surface area contributed by atoms with Crippen molar-refractivity contribution in [3.63, 3.8) is 0 Å². The molecule has 4 unspecified atom stereocenters. The Morgan fingerprint density at radius 1 is 1.19 bits per heavy atom. The number of allylic oxidation sites excluding steroid dienone is 1. The molecule has 146 valence electrons. The van der Waals surface area contributed by atoms with E-state index in [-0.39, 0.29) is 24.3 Å². The number of amides is 1. The van der Waals surface area contributed by atoms with E-state index in [1.54, 1.807) is 0 Å². The summed E-state index contributed by atoms with van der Waals surface area (Å²) in [7, 11) is 0. The minimum Gasteiger partial charge on any atom is -0.382 e. The Hall–Kier alpha value is -1.89. The summed E-state index contributed by atoms with van der Waals surface area (Å²) in [5.41, 5.74) is 2.38. The van der Waals surface area contributed by atoms with Crippen molar-refractivity contribution in [1.82, 2.24) is 15.1 Å².